The summed E-state index contributed by atoms with van der Waals surface area (Å²) in [4.78, 5) is 23.3. The number of hydrazine groups is 1. The van der Waals surface area contributed by atoms with Gasteiger partial charge in [-0.25, -0.2) is 4.39 Å². The van der Waals surface area contributed by atoms with E-state index in [0.29, 0.717) is 17.8 Å². The van der Waals surface area contributed by atoms with Crippen LogP contribution >= 0.6 is 11.6 Å². The van der Waals surface area contributed by atoms with Gasteiger partial charge in [0.25, 0.3) is 11.5 Å². The highest BCUT2D eigenvalue weighted by Crippen LogP contribution is 2.07. The van der Waals surface area contributed by atoms with E-state index < -0.39 is 11.7 Å². The number of nitrogens with zero attached hydrogens (tertiary/aromatic N) is 1. The Kier molecular flexibility index (Phi) is 7.58. The van der Waals surface area contributed by atoms with Gasteiger partial charge in [-0.2, -0.15) is 0 Å². The van der Waals surface area contributed by atoms with E-state index in [1.165, 1.54) is 41.1 Å². The van der Waals surface area contributed by atoms with E-state index in [9.17, 15) is 14.0 Å². The topological polar surface area (TPSA) is 63.1 Å². The van der Waals surface area contributed by atoms with E-state index >= 15 is 0 Å². The Morgan fingerprint density at radius 1 is 1.07 bits per heavy atom. The highest BCUT2D eigenvalue weighted by atomic mass is 35.5. The molecular weight excluding hydrogens is 369 g/mol. The highest BCUT2D eigenvalue weighted by molar-refractivity contribution is 6.30. The van der Waals surface area contributed by atoms with Crippen LogP contribution in [0.4, 0.5) is 10.1 Å². The van der Waals surface area contributed by atoms with E-state index in [0.717, 1.165) is 5.02 Å². The third kappa shape index (κ3) is 6.60. The van der Waals surface area contributed by atoms with Gasteiger partial charge in [0, 0.05) is 23.8 Å². The van der Waals surface area contributed by atoms with Gasteiger partial charge < -0.3 is 4.57 Å². The molecule has 1 heterocycles. The lowest BCUT2D eigenvalue weighted by atomic mass is 10.2. The first-order valence-corrected chi connectivity index (χ1v) is 8.60. The van der Waals surface area contributed by atoms with Gasteiger partial charge in [-0.15, -0.1) is 0 Å². The molecule has 0 unspecified atom stereocenters. The standard InChI is InChI=1S/C14H14FN3O2.C6H5Cl/c1-2-18-9-10(6-7-13(18)19)14(20)17-16-12-5-3-4-11(15)8-12;7-6-4-2-1-3-5-6/h3-9,16H,2H2,1H3,(H,17,20);1-5H. The first kappa shape index (κ1) is 20.2. The molecule has 0 radical (unpaired) electrons. The maximum absolute atomic E-state index is 13.0. The fourth-order valence-electron chi connectivity index (χ4n) is 2.09. The Balaban J connectivity index is 0.000000313. The number of amides is 1. The van der Waals surface area contributed by atoms with Crippen molar-refractivity contribution in [2.75, 3.05) is 5.43 Å². The number of rotatable bonds is 4. The third-order valence-corrected chi connectivity index (χ3v) is 3.72. The first-order chi connectivity index (χ1) is 13.0. The Morgan fingerprint density at radius 2 is 1.81 bits per heavy atom. The van der Waals surface area contributed by atoms with E-state index in [1.807, 2.05) is 37.3 Å². The molecule has 0 spiro atoms. The van der Waals surface area contributed by atoms with Gasteiger partial charge in [-0.1, -0.05) is 35.9 Å². The summed E-state index contributed by atoms with van der Waals surface area (Å²) in [6.07, 6.45) is 1.48. The van der Waals surface area contributed by atoms with Crippen molar-refractivity contribution in [2.45, 2.75) is 13.5 Å². The van der Waals surface area contributed by atoms with Gasteiger partial charge in [0.05, 0.1) is 11.3 Å². The molecule has 0 bridgehead atoms. The lowest BCUT2D eigenvalue weighted by Crippen LogP contribution is -2.30. The zero-order chi connectivity index (χ0) is 19.6. The van der Waals surface area contributed by atoms with Crippen molar-refractivity contribution in [3.05, 3.63) is 99.7 Å². The largest absolute Gasteiger partial charge is 0.315 e. The number of halogens is 2. The molecule has 0 aliphatic carbocycles. The summed E-state index contributed by atoms with van der Waals surface area (Å²) in [5, 5.41) is 0.794. The number of anilines is 1. The number of aryl methyl sites for hydroxylation is 1. The number of carbonyl (C=O) groups excluding carboxylic acids is 1. The Morgan fingerprint density at radius 3 is 2.41 bits per heavy atom. The molecule has 2 aromatic carbocycles. The van der Waals surface area contributed by atoms with Crippen LogP contribution in [0, 0.1) is 5.82 Å². The summed E-state index contributed by atoms with van der Waals surface area (Å²) in [6.45, 7) is 2.30. The predicted molar refractivity (Wildman–Crippen MR) is 105 cm³/mol. The van der Waals surface area contributed by atoms with E-state index in [4.69, 9.17) is 11.6 Å². The van der Waals surface area contributed by atoms with Crippen molar-refractivity contribution in [1.29, 1.82) is 0 Å². The minimum atomic E-state index is -0.406. The zero-order valence-electron chi connectivity index (χ0n) is 14.7. The normalized spacial score (nSPS) is 9.74. The molecular formula is C20H19ClFN3O2. The van der Waals surface area contributed by atoms with Crippen LogP contribution in [0.5, 0.6) is 0 Å². The molecule has 1 aromatic heterocycles. The molecule has 2 N–H and O–H groups in total. The first-order valence-electron chi connectivity index (χ1n) is 8.22. The Bertz CT molecular complexity index is 945. The zero-order valence-corrected chi connectivity index (χ0v) is 15.4. The summed E-state index contributed by atoms with van der Waals surface area (Å²) >= 11 is 5.54. The van der Waals surface area contributed by atoms with Crippen molar-refractivity contribution in [3.8, 4) is 0 Å². The number of nitrogens with one attached hydrogen (secondary N) is 2. The van der Waals surface area contributed by atoms with Gasteiger partial charge in [-0.05, 0) is 43.3 Å². The summed E-state index contributed by atoms with van der Waals surface area (Å²) in [5.41, 5.74) is 5.66. The second-order valence-corrected chi connectivity index (χ2v) is 5.86. The van der Waals surface area contributed by atoms with Gasteiger partial charge in [0.2, 0.25) is 0 Å². The van der Waals surface area contributed by atoms with Gasteiger partial charge in [-0.3, -0.25) is 20.4 Å². The van der Waals surface area contributed by atoms with Crippen molar-refractivity contribution < 1.29 is 9.18 Å². The van der Waals surface area contributed by atoms with Crippen LogP contribution in [0.15, 0.2) is 77.7 Å². The number of aromatic nitrogens is 1. The van der Waals surface area contributed by atoms with Crippen molar-refractivity contribution >= 4 is 23.2 Å². The van der Waals surface area contributed by atoms with Gasteiger partial charge in [0.15, 0.2) is 0 Å². The molecule has 7 heteroatoms. The molecule has 1 amide bonds. The van der Waals surface area contributed by atoms with Crippen molar-refractivity contribution in [3.63, 3.8) is 0 Å². The minimum absolute atomic E-state index is 0.165. The highest BCUT2D eigenvalue weighted by Gasteiger charge is 2.06. The van der Waals surface area contributed by atoms with E-state index in [-0.39, 0.29) is 5.56 Å². The smallest absolute Gasteiger partial charge is 0.271 e. The number of hydrogen-bond acceptors (Lipinski definition) is 3. The average molecular weight is 388 g/mol. The van der Waals surface area contributed by atoms with Crippen LogP contribution in [0.3, 0.4) is 0 Å². The van der Waals surface area contributed by atoms with Crippen LogP contribution in [0.1, 0.15) is 17.3 Å². The summed E-state index contributed by atoms with van der Waals surface area (Å²) in [7, 11) is 0. The lowest BCUT2D eigenvalue weighted by Gasteiger charge is -2.09. The van der Waals surface area contributed by atoms with Crippen LogP contribution in [-0.2, 0) is 6.54 Å². The predicted octanol–water partition coefficient (Wildman–Crippen LogP) is 4.10. The second-order valence-electron chi connectivity index (χ2n) is 5.43. The number of carbonyl (C=O) groups is 1. The van der Waals surface area contributed by atoms with Crippen LogP contribution < -0.4 is 16.4 Å². The van der Waals surface area contributed by atoms with E-state index in [1.54, 1.807) is 6.07 Å². The molecule has 0 atom stereocenters. The van der Waals surface area contributed by atoms with E-state index in [2.05, 4.69) is 10.9 Å². The molecule has 140 valence electrons. The Hall–Kier alpha value is -3.12. The Labute approximate surface area is 161 Å². The summed E-state index contributed by atoms with van der Waals surface area (Å²) in [5.74, 6) is -0.805. The SMILES string of the molecule is CCn1cc(C(=O)NNc2cccc(F)c2)ccc1=O.Clc1ccccc1. The summed E-state index contributed by atoms with van der Waals surface area (Å²) < 4.78 is 14.4. The van der Waals surface area contributed by atoms with Crippen LogP contribution in [0.2, 0.25) is 5.02 Å². The molecule has 5 nitrogen and oxygen atoms in total. The quantitative estimate of drug-likeness (QED) is 0.662. The van der Waals surface area contributed by atoms with Crippen LogP contribution in [-0.4, -0.2) is 10.5 Å². The minimum Gasteiger partial charge on any atom is -0.315 e. The molecule has 3 aromatic rings. The fraction of sp³-hybridized carbons (Fsp3) is 0.100. The number of pyridine rings is 1. The van der Waals surface area contributed by atoms with Gasteiger partial charge in [0.1, 0.15) is 5.82 Å². The lowest BCUT2D eigenvalue weighted by molar-refractivity contribution is 0.0962. The molecule has 3 rings (SSSR count). The molecule has 27 heavy (non-hydrogen) atoms. The van der Waals surface area contributed by atoms with Crippen molar-refractivity contribution in [2.24, 2.45) is 0 Å². The molecule has 0 aliphatic heterocycles. The number of hydrogen-bond donors (Lipinski definition) is 2. The third-order valence-electron chi connectivity index (χ3n) is 3.46. The average Bonchev–Trinajstić information content (AvgIpc) is 2.67. The second kappa shape index (κ2) is 10.1. The monoisotopic (exact) mass is 387 g/mol. The van der Waals surface area contributed by atoms with Crippen LogP contribution in [0.25, 0.3) is 0 Å². The maximum Gasteiger partial charge on any atom is 0.271 e. The van der Waals surface area contributed by atoms with Gasteiger partial charge >= 0.3 is 0 Å². The molecule has 0 aliphatic rings. The maximum atomic E-state index is 13.0. The molecule has 0 saturated carbocycles. The molecule has 0 fully saturated rings. The number of benzene rings is 2. The summed E-state index contributed by atoms with van der Waals surface area (Å²) in [6, 6.07) is 17.9. The molecule has 0 saturated heterocycles. The van der Waals surface area contributed by atoms with Crippen molar-refractivity contribution in [1.82, 2.24) is 9.99 Å². The fourth-order valence-corrected chi connectivity index (χ4v) is 2.24.